The molecule has 0 aliphatic carbocycles. The molecule has 7 heteroatoms. The number of likely N-dealkylation sites (N-methyl/N-ethyl adjacent to an activating group) is 2. The fourth-order valence-electron chi connectivity index (χ4n) is 2.48. The van der Waals surface area contributed by atoms with Gasteiger partial charge in [0.1, 0.15) is 0 Å². The molecule has 0 unspecified atom stereocenters. The summed E-state index contributed by atoms with van der Waals surface area (Å²) < 4.78 is 10.7. The molecular formula is C20H37IN4O2. The Bertz CT molecular complexity index is 567. The van der Waals surface area contributed by atoms with Crippen molar-refractivity contribution in [3.05, 3.63) is 23.8 Å². The number of aliphatic imine (C=N–C) groups is 1. The molecule has 0 heterocycles. The third-order valence-corrected chi connectivity index (χ3v) is 4.48. The highest BCUT2D eigenvalue weighted by atomic mass is 127. The van der Waals surface area contributed by atoms with Crippen LogP contribution in [0.1, 0.15) is 26.3 Å². The fourth-order valence-corrected chi connectivity index (χ4v) is 2.48. The quantitative estimate of drug-likeness (QED) is 0.309. The van der Waals surface area contributed by atoms with Gasteiger partial charge in [-0.3, -0.25) is 4.99 Å². The average molecular weight is 492 g/mol. The molecule has 0 saturated carbocycles. The topological polar surface area (TPSA) is 49.3 Å². The number of guanidine groups is 1. The van der Waals surface area contributed by atoms with Gasteiger partial charge in [-0.2, -0.15) is 0 Å². The normalized spacial score (nSPS) is 11.4. The van der Waals surface area contributed by atoms with E-state index < -0.39 is 0 Å². The summed E-state index contributed by atoms with van der Waals surface area (Å²) in [4.78, 5) is 9.23. The first-order valence-corrected chi connectivity index (χ1v) is 9.33. The van der Waals surface area contributed by atoms with Gasteiger partial charge in [0.25, 0.3) is 0 Å². The lowest BCUT2D eigenvalue weighted by Gasteiger charge is -2.23. The minimum atomic E-state index is 0. The molecule has 0 aromatic heterocycles. The van der Waals surface area contributed by atoms with Crippen LogP contribution in [0.4, 0.5) is 0 Å². The van der Waals surface area contributed by atoms with Crippen LogP contribution in [0.15, 0.2) is 23.2 Å². The SMILES string of the molecule is CCNC(=NCCN(C)C(C)C)N(C)CCc1ccc(OC)c(OC)c1.I. The van der Waals surface area contributed by atoms with Gasteiger partial charge in [-0.15, -0.1) is 24.0 Å². The minimum absolute atomic E-state index is 0. The zero-order chi connectivity index (χ0) is 19.5. The van der Waals surface area contributed by atoms with Crippen molar-refractivity contribution in [3.63, 3.8) is 0 Å². The molecule has 1 N–H and O–H groups in total. The highest BCUT2D eigenvalue weighted by Crippen LogP contribution is 2.27. The summed E-state index contributed by atoms with van der Waals surface area (Å²) in [6.45, 7) is 9.97. The summed E-state index contributed by atoms with van der Waals surface area (Å²) in [5, 5.41) is 3.38. The van der Waals surface area contributed by atoms with Gasteiger partial charge in [-0.05, 0) is 51.9 Å². The van der Waals surface area contributed by atoms with Crippen LogP contribution in [0.3, 0.4) is 0 Å². The maximum absolute atomic E-state index is 5.39. The van der Waals surface area contributed by atoms with E-state index in [1.807, 2.05) is 12.1 Å². The molecule has 6 nitrogen and oxygen atoms in total. The number of rotatable bonds is 10. The van der Waals surface area contributed by atoms with Crippen molar-refractivity contribution < 1.29 is 9.47 Å². The lowest BCUT2D eigenvalue weighted by Crippen LogP contribution is -2.40. The second-order valence-electron chi connectivity index (χ2n) is 6.67. The molecule has 0 fully saturated rings. The van der Waals surface area contributed by atoms with Gasteiger partial charge in [-0.1, -0.05) is 6.07 Å². The summed E-state index contributed by atoms with van der Waals surface area (Å²) in [6, 6.07) is 6.61. The Morgan fingerprint density at radius 1 is 1.11 bits per heavy atom. The van der Waals surface area contributed by atoms with Gasteiger partial charge in [0.2, 0.25) is 0 Å². The summed E-state index contributed by atoms with van der Waals surface area (Å²) in [5.41, 5.74) is 1.21. The molecule has 1 rings (SSSR count). The molecule has 0 amide bonds. The second kappa shape index (κ2) is 13.9. The van der Waals surface area contributed by atoms with Gasteiger partial charge in [0, 0.05) is 32.7 Å². The van der Waals surface area contributed by atoms with Crippen LogP contribution in [0, 0.1) is 0 Å². The first-order chi connectivity index (χ1) is 12.4. The number of hydrogen-bond donors (Lipinski definition) is 1. The van der Waals surface area contributed by atoms with Crippen molar-refractivity contribution in [3.8, 4) is 11.5 Å². The number of methoxy groups -OCH3 is 2. The molecule has 0 aliphatic heterocycles. The number of nitrogens with zero attached hydrogens (tertiary/aromatic N) is 3. The van der Waals surface area contributed by atoms with E-state index in [-0.39, 0.29) is 24.0 Å². The molecule has 0 aliphatic rings. The number of hydrogen-bond acceptors (Lipinski definition) is 4. The van der Waals surface area contributed by atoms with Crippen molar-refractivity contribution in [2.24, 2.45) is 4.99 Å². The second-order valence-corrected chi connectivity index (χ2v) is 6.67. The predicted molar refractivity (Wildman–Crippen MR) is 125 cm³/mol. The van der Waals surface area contributed by atoms with Crippen LogP contribution in [0.25, 0.3) is 0 Å². The van der Waals surface area contributed by atoms with E-state index in [4.69, 9.17) is 14.5 Å². The van der Waals surface area contributed by atoms with E-state index in [9.17, 15) is 0 Å². The Labute approximate surface area is 182 Å². The summed E-state index contributed by atoms with van der Waals surface area (Å²) in [6.07, 6.45) is 0.910. The largest absolute Gasteiger partial charge is 0.493 e. The molecule has 27 heavy (non-hydrogen) atoms. The van der Waals surface area contributed by atoms with Crippen molar-refractivity contribution in [1.82, 2.24) is 15.1 Å². The maximum atomic E-state index is 5.39. The third-order valence-electron chi connectivity index (χ3n) is 4.48. The molecule has 0 atom stereocenters. The van der Waals surface area contributed by atoms with Crippen molar-refractivity contribution in [1.29, 1.82) is 0 Å². The van der Waals surface area contributed by atoms with E-state index in [0.29, 0.717) is 6.04 Å². The Kier molecular flexibility index (Phi) is 13.2. The number of nitrogens with one attached hydrogen (secondary N) is 1. The zero-order valence-corrected chi connectivity index (χ0v) is 20.2. The first-order valence-electron chi connectivity index (χ1n) is 9.33. The molecule has 0 bridgehead atoms. The highest BCUT2D eigenvalue weighted by Gasteiger charge is 2.09. The Hall–Kier alpha value is -1.22. The van der Waals surface area contributed by atoms with Gasteiger partial charge in [0.15, 0.2) is 17.5 Å². The van der Waals surface area contributed by atoms with Crippen LogP contribution in [-0.2, 0) is 6.42 Å². The van der Waals surface area contributed by atoms with Gasteiger partial charge in [0.05, 0.1) is 20.8 Å². The lowest BCUT2D eigenvalue weighted by molar-refractivity contribution is 0.281. The minimum Gasteiger partial charge on any atom is -0.493 e. The van der Waals surface area contributed by atoms with Gasteiger partial charge < -0.3 is 24.6 Å². The van der Waals surface area contributed by atoms with E-state index in [0.717, 1.165) is 50.1 Å². The Morgan fingerprint density at radius 3 is 2.33 bits per heavy atom. The number of halogens is 1. The summed E-state index contributed by atoms with van der Waals surface area (Å²) >= 11 is 0. The average Bonchev–Trinajstić information content (AvgIpc) is 2.64. The lowest BCUT2D eigenvalue weighted by atomic mass is 10.1. The van der Waals surface area contributed by atoms with E-state index >= 15 is 0 Å². The maximum Gasteiger partial charge on any atom is 0.193 e. The first kappa shape index (κ1) is 25.8. The van der Waals surface area contributed by atoms with Crippen LogP contribution >= 0.6 is 24.0 Å². The third kappa shape index (κ3) is 9.01. The van der Waals surface area contributed by atoms with Crippen LogP contribution in [0.2, 0.25) is 0 Å². The van der Waals surface area contributed by atoms with Gasteiger partial charge >= 0.3 is 0 Å². The molecule has 1 aromatic rings. The predicted octanol–water partition coefficient (Wildman–Crippen LogP) is 3.10. The van der Waals surface area contributed by atoms with Crippen LogP contribution in [0.5, 0.6) is 11.5 Å². The Morgan fingerprint density at radius 2 is 1.78 bits per heavy atom. The molecule has 0 saturated heterocycles. The van der Waals surface area contributed by atoms with E-state index in [1.165, 1.54) is 5.56 Å². The molecule has 0 spiro atoms. The van der Waals surface area contributed by atoms with Crippen molar-refractivity contribution in [2.75, 3.05) is 54.5 Å². The standard InChI is InChI=1S/C20H36N4O2.HI/c1-8-21-20(22-12-14-23(4)16(2)3)24(5)13-11-17-9-10-18(25-6)19(15-17)26-7;/h9-10,15-16H,8,11-14H2,1-7H3,(H,21,22);1H. The van der Waals surface area contributed by atoms with E-state index in [1.54, 1.807) is 14.2 Å². The van der Waals surface area contributed by atoms with Crippen LogP contribution < -0.4 is 14.8 Å². The number of ether oxygens (including phenoxy) is 2. The molecule has 156 valence electrons. The fraction of sp³-hybridized carbons (Fsp3) is 0.650. The molecular weight excluding hydrogens is 455 g/mol. The Balaban J connectivity index is 0.00000676. The smallest absolute Gasteiger partial charge is 0.193 e. The van der Waals surface area contributed by atoms with Gasteiger partial charge in [-0.25, -0.2) is 0 Å². The summed E-state index contributed by atoms with van der Waals surface area (Å²) in [7, 11) is 7.53. The highest BCUT2D eigenvalue weighted by molar-refractivity contribution is 14.0. The van der Waals surface area contributed by atoms with Crippen molar-refractivity contribution >= 4 is 29.9 Å². The van der Waals surface area contributed by atoms with E-state index in [2.05, 4.69) is 56.0 Å². The van der Waals surface area contributed by atoms with Crippen molar-refractivity contribution in [2.45, 2.75) is 33.2 Å². The number of benzene rings is 1. The monoisotopic (exact) mass is 492 g/mol. The summed E-state index contributed by atoms with van der Waals surface area (Å²) in [5.74, 6) is 2.48. The zero-order valence-electron chi connectivity index (χ0n) is 17.9. The van der Waals surface area contributed by atoms with Crippen LogP contribution in [-0.4, -0.2) is 76.3 Å². The molecule has 0 radical (unpaired) electrons. The molecule has 1 aromatic carbocycles.